The third-order valence-electron chi connectivity index (χ3n) is 1.70. The fourth-order valence-corrected chi connectivity index (χ4v) is 1.21. The highest BCUT2D eigenvalue weighted by Crippen LogP contribution is 2.01. The molecule has 0 aliphatic heterocycles. The average molecular weight is 232 g/mol. The van der Waals surface area contributed by atoms with Crippen molar-refractivity contribution in [3.63, 3.8) is 0 Å². The summed E-state index contributed by atoms with van der Waals surface area (Å²) < 4.78 is 4.87. The van der Waals surface area contributed by atoms with E-state index >= 15 is 0 Å². The third kappa shape index (κ3) is 7.17. The lowest BCUT2D eigenvalue weighted by Crippen LogP contribution is -2.32. The van der Waals surface area contributed by atoms with Gasteiger partial charge in [-0.3, -0.25) is 9.69 Å². The van der Waals surface area contributed by atoms with E-state index in [0.29, 0.717) is 19.7 Å². The number of esters is 1. The highest BCUT2D eigenvalue weighted by molar-refractivity contribution is 6.25. The summed E-state index contributed by atoms with van der Waals surface area (Å²) in [7, 11) is 0. The molecule has 0 aromatic carbocycles. The second-order valence-electron chi connectivity index (χ2n) is 3.22. The van der Waals surface area contributed by atoms with Crippen LogP contribution in [0.25, 0.3) is 0 Å². The van der Waals surface area contributed by atoms with Gasteiger partial charge in [-0.2, -0.15) is 0 Å². The van der Waals surface area contributed by atoms with Crippen LogP contribution in [-0.2, 0) is 9.53 Å². The van der Waals surface area contributed by atoms with Gasteiger partial charge in [0.25, 0.3) is 0 Å². The van der Waals surface area contributed by atoms with Gasteiger partial charge in [0.2, 0.25) is 0 Å². The van der Waals surface area contributed by atoms with Gasteiger partial charge in [0, 0.05) is 18.6 Å². The summed E-state index contributed by atoms with van der Waals surface area (Å²) in [4.78, 5) is 13.2. The molecule has 0 heterocycles. The Bertz CT molecular complexity index is 239. The Labute approximate surface area is 96.3 Å². The molecule has 4 heteroatoms. The molecule has 0 aliphatic carbocycles. The van der Waals surface area contributed by atoms with Gasteiger partial charge in [-0.05, 0) is 19.4 Å². The molecule has 86 valence electrons. The Morgan fingerprint density at radius 1 is 1.53 bits per heavy atom. The molecule has 0 spiro atoms. The van der Waals surface area contributed by atoms with Crippen LogP contribution in [0.3, 0.4) is 0 Å². The van der Waals surface area contributed by atoms with Gasteiger partial charge >= 0.3 is 5.97 Å². The van der Waals surface area contributed by atoms with E-state index in [4.69, 9.17) is 16.3 Å². The second kappa shape index (κ2) is 8.50. The lowest BCUT2D eigenvalue weighted by molar-refractivity contribution is -0.144. The number of hydrogen-bond acceptors (Lipinski definition) is 3. The zero-order chi connectivity index (χ0) is 11.7. The number of nitrogens with zero attached hydrogens (tertiary/aromatic N) is 1. The molecule has 0 atom stereocenters. The number of rotatable bonds is 7. The van der Waals surface area contributed by atoms with Crippen molar-refractivity contribution in [3.8, 4) is 0 Å². The molecule has 0 saturated heterocycles. The quantitative estimate of drug-likeness (QED) is 0.497. The zero-order valence-electron chi connectivity index (χ0n) is 9.33. The summed E-state index contributed by atoms with van der Waals surface area (Å²) in [5.74, 6) is -0.221. The summed E-state index contributed by atoms with van der Waals surface area (Å²) in [6.07, 6.45) is 1.75. The van der Waals surface area contributed by atoms with Crippen LogP contribution in [-0.4, -0.2) is 37.1 Å². The molecule has 3 nitrogen and oxygen atoms in total. The van der Waals surface area contributed by atoms with E-state index in [9.17, 15) is 4.79 Å². The Hall–Kier alpha value is -0.800. The van der Waals surface area contributed by atoms with Crippen molar-refractivity contribution >= 4 is 17.6 Å². The lowest BCUT2D eigenvalue weighted by Gasteiger charge is -2.19. The van der Waals surface area contributed by atoms with Crippen molar-refractivity contribution in [2.24, 2.45) is 0 Å². The first-order valence-electron chi connectivity index (χ1n) is 4.88. The molecule has 0 saturated carbocycles. The summed E-state index contributed by atoms with van der Waals surface area (Å²) in [5.41, 5.74) is 2.52. The Morgan fingerprint density at radius 2 is 2.20 bits per heavy atom. The molecular weight excluding hydrogens is 214 g/mol. The van der Waals surface area contributed by atoms with E-state index in [2.05, 4.69) is 6.58 Å². The first-order chi connectivity index (χ1) is 7.13. The van der Waals surface area contributed by atoms with Gasteiger partial charge in [0.1, 0.15) is 0 Å². The highest BCUT2D eigenvalue weighted by Gasteiger charge is 2.10. The van der Waals surface area contributed by atoms with Crippen molar-refractivity contribution in [3.05, 3.63) is 23.8 Å². The molecule has 0 aromatic rings. The van der Waals surface area contributed by atoms with E-state index in [1.165, 1.54) is 5.54 Å². The minimum absolute atomic E-state index is 0.221. The molecule has 0 aliphatic rings. The maximum absolute atomic E-state index is 11.2. The van der Waals surface area contributed by atoms with Crippen LogP contribution in [0.2, 0.25) is 0 Å². The highest BCUT2D eigenvalue weighted by atomic mass is 35.5. The van der Waals surface area contributed by atoms with Crippen LogP contribution >= 0.6 is 11.6 Å². The molecule has 15 heavy (non-hydrogen) atoms. The molecule has 0 rings (SSSR count). The van der Waals surface area contributed by atoms with Crippen LogP contribution in [0.5, 0.6) is 0 Å². The second-order valence-corrected chi connectivity index (χ2v) is 3.44. The van der Waals surface area contributed by atoms with Gasteiger partial charge in [-0.1, -0.05) is 17.7 Å². The van der Waals surface area contributed by atoms with Gasteiger partial charge in [-0.15, -0.1) is 6.58 Å². The van der Waals surface area contributed by atoms with Gasteiger partial charge in [0.05, 0.1) is 13.2 Å². The van der Waals surface area contributed by atoms with Crippen LogP contribution in [0.1, 0.15) is 13.8 Å². The fourth-order valence-electron chi connectivity index (χ4n) is 1.14. The topological polar surface area (TPSA) is 29.5 Å². The first-order valence-corrected chi connectivity index (χ1v) is 5.32. The predicted octanol–water partition coefficient (Wildman–Crippen LogP) is 2.18. The monoisotopic (exact) mass is 231 g/mol. The van der Waals surface area contributed by atoms with Crippen LogP contribution < -0.4 is 0 Å². The van der Waals surface area contributed by atoms with E-state index in [1.54, 1.807) is 13.0 Å². The average Bonchev–Trinajstić information content (AvgIpc) is 2.18. The minimum Gasteiger partial charge on any atom is -0.465 e. The Balaban J connectivity index is 4.14. The molecule has 0 unspecified atom stereocenters. The molecular formula is C11H18ClNO2. The number of carbonyl (C=O) groups is 1. The summed E-state index contributed by atoms with van der Waals surface area (Å²) in [6.45, 7) is 9.30. The summed E-state index contributed by atoms with van der Waals surface area (Å²) >= 11 is 5.56. The number of hydrogen-bond donors (Lipinski definition) is 0. The van der Waals surface area contributed by atoms with E-state index in [0.717, 1.165) is 5.57 Å². The van der Waals surface area contributed by atoms with Gasteiger partial charge in [0.15, 0.2) is 0 Å². The van der Waals surface area contributed by atoms with Crippen molar-refractivity contribution in [1.29, 1.82) is 0 Å². The lowest BCUT2D eigenvalue weighted by atomic mass is 10.3. The SMILES string of the molecule is C=CCN(CC(=O)OCC)C/C(C)=C/Cl. The maximum atomic E-state index is 11.2. The summed E-state index contributed by atoms with van der Waals surface area (Å²) in [6, 6.07) is 0. The standard InChI is InChI=1S/C11H18ClNO2/c1-4-6-13(8-10(3)7-12)9-11(14)15-5-2/h4,7H,1,5-6,8-9H2,2-3H3/b10-7+. The smallest absolute Gasteiger partial charge is 0.320 e. The first kappa shape index (κ1) is 14.2. The maximum Gasteiger partial charge on any atom is 0.320 e. The molecule has 0 amide bonds. The zero-order valence-corrected chi connectivity index (χ0v) is 10.1. The molecule has 0 aromatic heterocycles. The van der Waals surface area contributed by atoms with Crippen molar-refractivity contribution in [2.75, 3.05) is 26.2 Å². The van der Waals surface area contributed by atoms with Crippen LogP contribution in [0.4, 0.5) is 0 Å². The van der Waals surface area contributed by atoms with Crippen LogP contribution in [0, 0.1) is 0 Å². The fraction of sp³-hybridized carbons (Fsp3) is 0.545. The van der Waals surface area contributed by atoms with E-state index in [-0.39, 0.29) is 12.5 Å². The number of ether oxygens (including phenoxy) is 1. The Morgan fingerprint density at radius 3 is 2.67 bits per heavy atom. The molecule has 0 radical (unpaired) electrons. The van der Waals surface area contributed by atoms with E-state index in [1.807, 2.05) is 11.8 Å². The predicted molar refractivity (Wildman–Crippen MR) is 62.9 cm³/mol. The normalized spacial score (nSPS) is 11.6. The summed E-state index contributed by atoms with van der Waals surface area (Å²) in [5, 5.41) is 0. The van der Waals surface area contributed by atoms with Crippen molar-refractivity contribution in [2.45, 2.75) is 13.8 Å². The largest absolute Gasteiger partial charge is 0.465 e. The number of halogens is 1. The number of carbonyl (C=O) groups excluding carboxylic acids is 1. The van der Waals surface area contributed by atoms with Gasteiger partial charge in [-0.25, -0.2) is 0 Å². The van der Waals surface area contributed by atoms with E-state index < -0.39 is 0 Å². The van der Waals surface area contributed by atoms with Crippen LogP contribution in [0.15, 0.2) is 23.8 Å². The van der Waals surface area contributed by atoms with Gasteiger partial charge < -0.3 is 4.74 Å². The molecule has 0 bridgehead atoms. The minimum atomic E-state index is -0.221. The molecule has 0 fully saturated rings. The van der Waals surface area contributed by atoms with Crippen molar-refractivity contribution < 1.29 is 9.53 Å². The Kier molecular flexibility index (Phi) is 8.05. The molecule has 0 N–H and O–H groups in total. The third-order valence-corrected chi connectivity index (χ3v) is 2.08. The van der Waals surface area contributed by atoms with Crippen molar-refractivity contribution in [1.82, 2.24) is 4.90 Å².